The van der Waals surface area contributed by atoms with E-state index in [2.05, 4.69) is 41.7 Å². The second-order valence-corrected chi connectivity index (χ2v) is 12.8. The van der Waals surface area contributed by atoms with Crippen molar-refractivity contribution in [3.8, 4) is 0 Å². The minimum atomic E-state index is -0.489. The summed E-state index contributed by atoms with van der Waals surface area (Å²) < 4.78 is 45.3. The summed E-state index contributed by atoms with van der Waals surface area (Å²) in [4.78, 5) is 11.3. The van der Waals surface area contributed by atoms with Crippen molar-refractivity contribution >= 4 is 6.09 Å². The molecule has 2 N–H and O–H groups in total. The molecule has 0 aromatic heterocycles. The summed E-state index contributed by atoms with van der Waals surface area (Å²) in [7, 11) is 0. The number of alkyl carbamates (subject to hydrolysis) is 1. The van der Waals surface area contributed by atoms with Crippen LogP contribution in [0.3, 0.4) is 0 Å². The van der Waals surface area contributed by atoms with Gasteiger partial charge in [-0.05, 0) is 43.9 Å². The quantitative estimate of drug-likeness (QED) is 0.133. The van der Waals surface area contributed by atoms with Gasteiger partial charge < -0.3 is 48.3 Å². The fraction of sp³-hybridized carbons (Fsp3) is 0.525. The number of nitrogens with one attached hydrogen (secondary N) is 1. The van der Waals surface area contributed by atoms with E-state index in [1.807, 2.05) is 75.4 Å². The summed E-state index contributed by atoms with van der Waals surface area (Å²) in [5.74, 6) is 0. The first kappa shape index (κ1) is 42.0. The Morgan fingerprint density at radius 1 is 0.706 bits per heavy atom. The summed E-state index contributed by atoms with van der Waals surface area (Å²) in [6.45, 7) is 11.2. The predicted molar refractivity (Wildman–Crippen MR) is 194 cm³/mol. The van der Waals surface area contributed by atoms with Crippen LogP contribution >= 0.6 is 0 Å². The van der Waals surface area contributed by atoms with Crippen LogP contribution in [0.1, 0.15) is 43.9 Å². The van der Waals surface area contributed by atoms with Gasteiger partial charge in [-0.3, -0.25) is 0 Å². The molecule has 3 unspecified atom stereocenters. The summed E-state index contributed by atoms with van der Waals surface area (Å²) in [6, 6.07) is 30.7. The van der Waals surface area contributed by atoms with Crippen LogP contribution in [-0.4, -0.2) is 101 Å². The number of rotatable bonds is 21. The third-order valence-corrected chi connectivity index (χ3v) is 7.35. The Hall–Kier alpha value is -3.39. The fourth-order valence-electron chi connectivity index (χ4n) is 4.93. The molecule has 0 bridgehead atoms. The maximum absolute atomic E-state index is 11.3. The molecule has 0 aliphatic carbocycles. The van der Waals surface area contributed by atoms with Gasteiger partial charge in [0, 0.05) is 13.2 Å². The zero-order chi connectivity index (χ0) is 36.4. The van der Waals surface area contributed by atoms with E-state index < -0.39 is 11.7 Å². The number of amides is 1. The molecule has 0 radical (unpaired) electrons. The lowest BCUT2D eigenvalue weighted by atomic mass is 10.0. The highest BCUT2D eigenvalue weighted by Crippen LogP contribution is 2.24. The Balaban J connectivity index is 0.000000306. The summed E-state index contributed by atoms with van der Waals surface area (Å²) in [5, 5.41) is 11.1. The van der Waals surface area contributed by atoms with Crippen molar-refractivity contribution in [1.82, 2.24) is 5.32 Å². The smallest absolute Gasteiger partial charge is 0.407 e. The van der Waals surface area contributed by atoms with Gasteiger partial charge in [-0.2, -0.15) is 0 Å². The SMILES string of the molecule is CC(C)(C)OC(=O)NCCOCCOCCOCCO.c1ccc(COCC2OCCC(OCc3ccccc3)C2OCc2ccccc2)cc1. The minimum absolute atomic E-state index is 0.0216. The molecule has 51 heavy (non-hydrogen) atoms. The second kappa shape index (κ2) is 25.5. The normalized spacial score (nSPS) is 17.3. The van der Waals surface area contributed by atoms with Crippen LogP contribution < -0.4 is 5.32 Å². The van der Waals surface area contributed by atoms with E-state index in [-0.39, 0.29) is 24.9 Å². The Labute approximate surface area is 303 Å². The highest BCUT2D eigenvalue weighted by molar-refractivity contribution is 5.67. The lowest BCUT2D eigenvalue weighted by molar-refractivity contribution is -0.197. The lowest BCUT2D eigenvalue weighted by Crippen LogP contribution is -2.49. The third kappa shape index (κ3) is 19.7. The molecule has 0 spiro atoms. The van der Waals surface area contributed by atoms with Crippen LogP contribution in [0.15, 0.2) is 91.0 Å². The zero-order valence-electron chi connectivity index (χ0n) is 30.4. The van der Waals surface area contributed by atoms with Gasteiger partial charge in [0.25, 0.3) is 0 Å². The van der Waals surface area contributed by atoms with E-state index in [9.17, 15) is 4.79 Å². The fourth-order valence-corrected chi connectivity index (χ4v) is 4.93. The van der Waals surface area contributed by atoms with Crippen LogP contribution in [0.25, 0.3) is 0 Å². The molecule has 282 valence electrons. The van der Waals surface area contributed by atoms with Gasteiger partial charge in [0.1, 0.15) is 17.8 Å². The monoisotopic (exact) mass is 711 g/mol. The van der Waals surface area contributed by atoms with E-state index in [0.717, 1.165) is 23.1 Å². The van der Waals surface area contributed by atoms with E-state index in [4.69, 9.17) is 43.0 Å². The zero-order valence-corrected chi connectivity index (χ0v) is 30.4. The van der Waals surface area contributed by atoms with E-state index in [1.165, 1.54) is 0 Å². The van der Waals surface area contributed by atoms with Gasteiger partial charge in [-0.1, -0.05) is 91.0 Å². The Kier molecular flexibility index (Phi) is 21.0. The molecule has 0 saturated carbocycles. The molecular formula is C40H57NO10. The van der Waals surface area contributed by atoms with Crippen LogP contribution in [0.4, 0.5) is 4.79 Å². The molecule has 4 rings (SSSR count). The minimum Gasteiger partial charge on any atom is -0.444 e. The molecule has 3 atom stereocenters. The summed E-state index contributed by atoms with van der Waals surface area (Å²) >= 11 is 0. The number of carbonyl (C=O) groups is 1. The Morgan fingerprint density at radius 3 is 1.76 bits per heavy atom. The molecule has 11 nitrogen and oxygen atoms in total. The third-order valence-electron chi connectivity index (χ3n) is 7.35. The van der Waals surface area contributed by atoms with Crippen molar-refractivity contribution in [2.75, 3.05) is 66.0 Å². The number of benzene rings is 3. The number of aliphatic hydroxyl groups is 1. The molecule has 1 heterocycles. The first-order valence-corrected chi connectivity index (χ1v) is 17.7. The van der Waals surface area contributed by atoms with Crippen molar-refractivity contribution in [2.24, 2.45) is 0 Å². The van der Waals surface area contributed by atoms with E-state index in [1.54, 1.807) is 0 Å². The molecule has 11 heteroatoms. The van der Waals surface area contributed by atoms with Crippen LogP contribution in [0.2, 0.25) is 0 Å². The topological polar surface area (TPSA) is 123 Å². The van der Waals surface area contributed by atoms with Crippen molar-refractivity contribution in [2.45, 2.75) is 70.9 Å². The Morgan fingerprint density at radius 2 is 1.22 bits per heavy atom. The van der Waals surface area contributed by atoms with Crippen molar-refractivity contribution in [1.29, 1.82) is 0 Å². The lowest BCUT2D eigenvalue weighted by Gasteiger charge is -2.37. The Bertz CT molecular complexity index is 1280. The average Bonchev–Trinajstić information content (AvgIpc) is 3.13. The van der Waals surface area contributed by atoms with Gasteiger partial charge in [0.15, 0.2) is 0 Å². The standard InChI is InChI=1S/C27H30O4.C13H27NO6/c1-4-10-22(11-5-1)18-28-21-26-27(31-20-24-14-8-3-9-15-24)25(16-17-29-26)30-19-23-12-6-2-7-13-23;1-13(2,3)20-12(16)14-4-6-17-8-10-19-11-9-18-7-5-15/h1-15,25-27H,16-21H2;15H,4-11H2,1-3H3,(H,14,16). The van der Waals surface area contributed by atoms with Gasteiger partial charge >= 0.3 is 6.09 Å². The van der Waals surface area contributed by atoms with Gasteiger partial charge in [0.2, 0.25) is 0 Å². The van der Waals surface area contributed by atoms with Gasteiger partial charge in [-0.25, -0.2) is 4.79 Å². The highest BCUT2D eigenvalue weighted by Gasteiger charge is 2.36. The predicted octanol–water partition coefficient (Wildman–Crippen LogP) is 5.72. The molecule has 1 saturated heterocycles. The number of aliphatic hydroxyl groups excluding tert-OH is 1. The molecule has 1 fully saturated rings. The maximum atomic E-state index is 11.3. The van der Waals surface area contributed by atoms with Gasteiger partial charge in [-0.15, -0.1) is 0 Å². The van der Waals surface area contributed by atoms with Crippen LogP contribution in [-0.2, 0) is 57.7 Å². The van der Waals surface area contributed by atoms with Crippen molar-refractivity contribution in [3.05, 3.63) is 108 Å². The molecule has 1 aliphatic rings. The van der Waals surface area contributed by atoms with Crippen molar-refractivity contribution < 1.29 is 47.8 Å². The van der Waals surface area contributed by atoms with Crippen LogP contribution in [0.5, 0.6) is 0 Å². The number of hydrogen-bond donors (Lipinski definition) is 2. The highest BCUT2D eigenvalue weighted by atomic mass is 16.6. The molecule has 1 amide bonds. The van der Waals surface area contributed by atoms with E-state index in [0.29, 0.717) is 79.2 Å². The molecule has 3 aromatic rings. The first-order valence-electron chi connectivity index (χ1n) is 17.7. The summed E-state index contributed by atoms with van der Waals surface area (Å²) in [6.07, 6.45) is -0.0293. The molecule has 1 aliphatic heterocycles. The molecular weight excluding hydrogens is 654 g/mol. The summed E-state index contributed by atoms with van der Waals surface area (Å²) in [5.41, 5.74) is 2.96. The van der Waals surface area contributed by atoms with E-state index >= 15 is 0 Å². The number of hydrogen-bond acceptors (Lipinski definition) is 10. The maximum Gasteiger partial charge on any atom is 0.407 e. The first-order chi connectivity index (χ1) is 24.8. The number of carbonyl (C=O) groups excluding carboxylic acids is 1. The average molecular weight is 712 g/mol. The van der Waals surface area contributed by atoms with Crippen LogP contribution in [0, 0.1) is 0 Å². The van der Waals surface area contributed by atoms with Gasteiger partial charge in [0.05, 0.1) is 78.8 Å². The molecule has 3 aromatic carbocycles. The van der Waals surface area contributed by atoms with Crippen molar-refractivity contribution in [3.63, 3.8) is 0 Å². The number of ether oxygens (including phenoxy) is 8. The largest absolute Gasteiger partial charge is 0.444 e. The second-order valence-electron chi connectivity index (χ2n) is 12.8.